The molecule has 1 amide bonds. The minimum atomic E-state index is -0.882. The Morgan fingerprint density at radius 2 is 1.86 bits per heavy atom. The van der Waals surface area contributed by atoms with Crippen LogP contribution < -0.4 is 10.9 Å². The summed E-state index contributed by atoms with van der Waals surface area (Å²) in [7, 11) is 1.40. The van der Waals surface area contributed by atoms with Gasteiger partial charge in [-0.05, 0) is 19.1 Å². The van der Waals surface area contributed by atoms with Crippen LogP contribution in [0.3, 0.4) is 0 Å². The second-order valence-electron chi connectivity index (χ2n) is 6.35. The monoisotopic (exact) mass is 401 g/mol. The normalized spacial score (nSPS) is 11.9. The number of esters is 1. The Morgan fingerprint density at radius 3 is 2.55 bits per heavy atom. The van der Waals surface area contributed by atoms with Gasteiger partial charge in [0.25, 0.3) is 11.5 Å². The van der Waals surface area contributed by atoms with Crippen LogP contribution in [0.1, 0.15) is 29.0 Å². The molecular formula is C20H17F2N3O4. The second kappa shape index (κ2) is 8.17. The Balaban J connectivity index is 1.69. The van der Waals surface area contributed by atoms with Crippen molar-refractivity contribution in [3.05, 3.63) is 75.7 Å². The number of fused-ring (bicyclic) bond motifs is 1. The molecule has 0 aliphatic heterocycles. The minimum Gasteiger partial charge on any atom is -0.451 e. The van der Waals surface area contributed by atoms with Gasteiger partial charge < -0.3 is 10.1 Å². The Labute approximate surface area is 163 Å². The smallest absolute Gasteiger partial charge is 0.359 e. The minimum absolute atomic E-state index is 0.0943. The standard InChI is InChI=1S/C20H17F2N3O4/c1-11(13-8-7-12(21)9-16(13)22)23-17(26)10-29-20(28)18-14-5-3-4-6-15(14)19(27)25(2)24-18/h3-9,11H,10H2,1-2H3,(H,23,26)/t11-/m1/s1. The summed E-state index contributed by atoms with van der Waals surface area (Å²) in [5.41, 5.74) is -0.380. The topological polar surface area (TPSA) is 90.3 Å². The summed E-state index contributed by atoms with van der Waals surface area (Å²) in [4.78, 5) is 36.6. The first-order valence-electron chi connectivity index (χ1n) is 8.65. The number of rotatable bonds is 5. The third-order valence-electron chi connectivity index (χ3n) is 4.29. The Morgan fingerprint density at radius 1 is 1.17 bits per heavy atom. The van der Waals surface area contributed by atoms with Crippen LogP contribution in [-0.2, 0) is 16.6 Å². The molecule has 0 bridgehead atoms. The molecule has 1 heterocycles. The number of ether oxygens (including phenoxy) is 1. The molecule has 29 heavy (non-hydrogen) atoms. The second-order valence-corrected chi connectivity index (χ2v) is 6.35. The van der Waals surface area contributed by atoms with Gasteiger partial charge in [0, 0.05) is 24.1 Å². The van der Waals surface area contributed by atoms with Crippen LogP contribution in [0, 0.1) is 11.6 Å². The summed E-state index contributed by atoms with van der Waals surface area (Å²) in [6.45, 7) is 0.878. The lowest BCUT2D eigenvalue weighted by atomic mass is 10.1. The molecule has 0 radical (unpaired) electrons. The molecule has 3 aromatic rings. The van der Waals surface area contributed by atoms with Crippen molar-refractivity contribution in [1.82, 2.24) is 15.1 Å². The number of carbonyl (C=O) groups is 2. The van der Waals surface area contributed by atoms with Gasteiger partial charge in [-0.25, -0.2) is 18.3 Å². The van der Waals surface area contributed by atoms with Crippen LogP contribution in [0.2, 0.25) is 0 Å². The maximum atomic E-state index is 13.8. The third kappa shape index (κ3) is 4.29. The highest BCUT2D eigenvalue weighted by Gasteiger charge is 2.19. The van der Waals surface area contributed by atoms with Crippen LogP contribution in [0.5, 0.6) is 0 Å². The zero-order valence-corrected chi connectivity index (χ0v) is 15.6. The summed E-state index contributed by atoms with van der Waals surface area (Å²) in [5.74, 6) is -3.08. The largest absolute Gasteiger partial charge is 0.451 e. The number of nitrogens with one attached hydrogen (secondary N) is 1. The fourth-order valence-electron chi connectivity index (χ4n) is 2.86. The maximum Gasteiger partial charge on any atom is 0.359 e. The first-order valence-corrected chi connectivity index (χ1v) is 8.65. The fraction of sp³-hybridized carbons (Fsp3) is 0.200. The Hall–Kier alpha value is -3.62. The molecule has 150 valence electrons. The van der Waals surface area contributed by atoms with Gasteiger partial charge >= 0.3 is 5.97 Å². The lowest BCUT2D eigenvalue weighted by Crippen LogP contribution is -2.32. The van der Waals surface area contributed by atoms with Gasteiger partial charge in [-0.1, -0.05) is 24.3 Å². The summed E-state index contributed by atoms with van der Waals surface area (Å²) >= 11 is 0. The van der Waals surface area contributed by atoms with Crippen LogP contribution in [0.4, 0.5) is 8.78 Å². The van der Waals surface area contributed by atoms with E-state index in [4.69, 9.17) is 4.74 Å². The van der Waals surface area contributed by atoms with E-state index in [1.165, 1.54) is 20.0 Å². The molecule has 0 saturated carbocycles. The number of hydrogen-bond acceptors (Lipinski definition) is 5. The Bertz CT molecular complexity index is 1160. The van der Waals surface area contributed by atoms with E-state index in [0.717, 1.165) is 10.7 Å². The van der Waals surface area contributed by atoms with E-state index in [1.54, 1.807) is 24.3 Å². The molecule has 1 atom stereocenters. The average Bonchev–Trinajstić information content (AvgIpc) is 2.68. The SMILES string of the molecule is C[C@@H](NC(=O)COC(=O)c1nn(C)c(=O)c2ccccc12)c1ccc(F)cc1F. The molecule has 7 nitrogen and oxygen atoms in total. The van der Waals surface area contributed by atoms with E-state index >= 15 is 0 Å². The zero-order chi connectivity index (χ0) is 21.1. The van der Waals surface area contributed by atoms with Crippen LogP contribution in [-0.4, -0.2) is 28.3 Å². The van der Waals surface area contributed by atoms with Gasteiger partial charge in [0.05, 0.1) is 11.4 Å². The molecule has 0 saturated heterocycles. The van der Waals surface area contributed by atoms with Crippen molar-refractivity contribution in [2.45, 2.75) is 13.0 Å². The molecule has 0 fully saturated rings. The maximum absolute atomic E-state index is 13.8. The van der Waals surface area contributed by atoms with Crippen molar-refractivity contribution in [2.75, 3.05) is 6.61 Å². The molecule has 0 aliphatic carbocycles. The summed E-state index contributed by atoms with van der Waals surface area (Å²) in [6, 6.07) is 8.67. The molecule has 0 spiro atoms. The number of carbonyl (C=O) groups excluding carboxylic acids is 2. The van der Waals surface area contributed by atoms with Crippen LogP contribution in [0.15, 0.2) is 47.3 Å². The molecule has 0 aliphatic rings. The van der Waals surface area contributed by atoms with Crippen molar-refractivity contribution in [2.24, 2.45) is 7.05 Å². The van der Waals surface area contributed by atoms with E-state index in [9.17, 15) is 23.2 Å². The quantitative estimate of drug-likeness (QED) is 0.663. The first kappa shape index (κ1) is 20.1. The highest BCUT2D eigenvalue weighted by molar-refractivity contribution is 6.02. The highest BCUT2D eigenvalue weighted by Crippen LogP contribution is 2.18. The van der Waals surface area contributed by atoms with Gasteiger partial charge in [0.2, 0.25) is 0 Å². The Kier molecular flexibility index (Phi) is 5.67. The van der Waals surface area contributed by atoms with Crippen molar-refractivity contribution >= 4 is 22.6 Å². The highest BCUT2D eigenvalue weighted by atomic mass is 19.1. The number of halogens is 2. The van der Waals surface area contributed by atoms with Gasteiger partial charge in [-0.15, -0.1) is 0 Å². The number of nitrogens with zero attached hydrogens (tertiary/aromatic N) is 2. The van der Waals surface area contributed by atoms with E-state index in [1.807, 2.05) is 0 Å². The van der Waals surface area contributed by atoms with Gasteiger partial charge in [0.1, 0.15) is 11.6 Å². The number of benzene rings is 2. The number of aromatic nitrogens is 2. The lowest BCUT2D eigenvalue weighted by molar-refractivity contribution is -0.124. The van der Waals surface area contributed by atoms with E-state index in [2.05, 4.69) is 10.4 Å². The van der Waals surface area contributed by atoms with E-state index in [-0.39, 0.29) is 16.8 Å². The van der Waals surface area contributed by atoms with Gasteiger partial charge in [-0.2, -0.15) is 5.10 Å². The number of amides is 1. The molecule has 9 heteroatoms. The zero-order valence-electron chi connectivity index (χ0n) is 15.6. The molecule has 3 rings (SSSR count). The van der Waals surface area contributed by atoms with Crippen molar-refractivity contribution in [3.63, 3.8) is 0 Å². The van der Waals surface area contributed by atoms with E-state index < -0.39 is 36.2 Å². The molecule has 0 unspecified atom stereocenters. The third-order valence-corrected chi connectivity index (χ3v) is 4.29. The predicted octanol–water partition coefficient (Wildman–Crippen LogP) is 2.25. The average molecular weight is 401 g/mol. The number of hydrogen-bond donors (Lipinski definition) is 1. The van der Waals surface area contributed by atoms with Gasteiger partial charge in [0.15, 0.2) is 12.3 Å². The molecule has 1 N–H and O–H groups in total. The van der Waals surface area contributed by atoms with Crippen LogP contribution >= 0.6 is 0 Å². The fourth-order valence-corrected chi connectivity index (χ4v) is 2.86. The lowest BCUT2D eigenvalue weighted by Gasteiger charge is -2.15. The van der Waals surface area contributed by atoms with E-state index in [0.29, 0.717) is 16.8 Å². The summed E-state index contributed by atoms with van der Waals surface area (Å²) in [6.07, 6.45) is 0. The summed E-state index contributed by atoms with van der Waals surface area (Å²) in [5, 5.41) is 6.99. The molecule has 2 aromatic carbocycles. The van der Waals surface area contributed by atoms with Gasteiger partial charge in [-0.3, -0.25) is 9.59 Å². The molecule has 1 aromatic heterocycles. The van der Waals surface area contributed by atoms with Crippen LogP contribution in [0.25, 0.3) is 10.8 Å². The van der Waals surface area contributed by atoms with Crippen molar-refractivity contribution in [1.29, 1.82) is 0 Å². The predicted molar refractivity (Wildman–Crippen MR) is 100 cm³/mol. The van der Waals surface area contributed by atoms with Crippen molar-refractivity contribution < 1.29 is 23.1 Å². The number of aryl methyl sites for hydroxylation is 1. The molecular weight excluding hydrogens is 384 g/mol. The van der Waals surface area contributed by atoms with Crippen molar-refractivity contribution in [3.8, 4) is 0 Å². The summed E-state index contributed by atoms with van der Waals surface area (Å²) < 4.78 is 32.8. The first-order chi connectivity index (χ1) is 13.8.